The highest BCUT2D eigenvalue weighted by Gasteiger charge is 2.27. The summed E-state index contributed by atoms with van der Waals surface area (Å²) in [6.07, 6.45) is 0. The van der Waals surface area contributed by atoms with Gasteiger partial charge in [-0.2, -0.15) is 5.10 Å². The minimum atomic E-state index is -0.329. The number of carbonyl (C=O) groups is 2. The van der Waals surface area contributed by atoms with E-state index in [9.17, 15) is 14.0 Å². The van der Waals surface area contributed by atoms with E-state index in [4.69, 9.17) is 4.42 Å². The molecule has 1 saturated heterocycles. The van der Waals surface area contributed by atoms with Crippen molar-refractivity contribution in [2.45, 2.75) is 0 Å². The van der Waals surface area contributed by atoms with Gasteiger partial charge in [0.2, 0.25) is 0 Å². The van der Waals surface area contributed by atoms with Gasteiger partial charge in [0.05, 0.1) is 5.69 Å². The largest absolute Gasteiger partial charge is 0.444 e. The van der Waals surface area contributed by atoms with E-state index in [1.165, 1.54) is 12.1 Å². The monoisotopic (exact) mass is 446 g/mol. The number of nitrogens with one attached hydrogen (secondary N) is 1. The smallest absolute Gasteiger partial charge is 0.289 e. The van der Waals surface area contributed by atoms with Crippen LogP contribution in [0.3, 0.4) is 0 Å². The Labute approximate surface area is 168 Å². The van der Waals surface area contributed by atoms with Gasteiger partial charge >= 0.3 is 0 Å². The summed E-state index contributed by atoms with van der Waals surface area (Å²) in [6.45, 7) is 1.67. The van der Waals surface area contributed by atoms with Crippen LogP contribution in [0.25, 0.3) is 11.3 Å². The van der Waals surface area contributed by atoms with Crippen LogP contribution in [0, 0.1) is 5.82 Å². The molecule has 1 fully saturated rings. The fraction of sp³-hybridized carbons (Fsp3) is 0.211. The summed E-state index contributed by atoms with van der Waals surface area (Å²) in [4.78, 5) is 28.5. The summed E-state index contributed by atoms with van der Waals surface area (Å²) in [5.74, 6) is -0.444. The van der Waals surface area contributed by atoms with E-state index >= 15 is 0 Å². The number of benzene rings is 1. The van der Waals surface area contributed by atoms with Crippen LogP contribution >= 0.6 is 15.9 Å². The zero-order chi connectivity index (χ0) is 19.7. The minimum Gasteiger partial charge on any atom is -0.444 e. The number of hydrogen-bond donors (Lipinski definition) is 1. The third-order valence-corrected chi connectivity index (χ3v) is 5.01. The molecule has 1 aliphatic heterocycles. The molecule has 0 spiro atoms. The molecule has 28 heavy (non-hydrogen) atoms. The summed E-state index contributed by atoms with van der Waals surface area (Å²) >= 11 is 3.18. The molecule has 7 nitrogen and oxygen atoms in total. The first-order valence-electron chi connectivity index (χ1n) is 8.66. The second-order valence-electron chi connectivity index (χ2n) is 6.36. The van der Waals surface area contributed by atoms with Crippen molar-refractivity contribution in [1.82, 2.24) is 20.0 Å². The quantitative estimate of drug-likeness (QED) is 0.669. The molecule has 0 unspecified atom stereocenters. The van der Waals surface area contributed by atoms with E-state index in [0.717, 1.165) is 5.56 Å². The molecule has 4 rings (SSSR count). The topological polar surface area (TPSA) is 82.4 Å². The summed E-state index contributed by atoms with van der Waals surface area (Å²) in [5.41, 5.74) is 1.64. The molecule has 0 saturated carbocycles. The lowest BCUT2D eigenvalue weighted by atomic mass is 10.1. The van der Waals surface area contributed by atoms with E-state index < -0.39 is 0 Å². The number of piperazine rings is 1. The summed E-state index contributed by atoms with van der Waals surface area (Å²) in [6, 6.07) is 10.8. The van der Waals surface area contributed by atoms with Crippen LogP contribution in [-0.2, 0) is 0 Å². The van der Waals surface area contributed by atoms with E-state index in [1.807, 2.05) is 0 Å². The Morgan fingerprint density at radius 3 is 2.25 bits per heavy atom. The molecule has 0 aliphatic carbocycles. The standard InChI is InChI=1S/C19H16BrFN4O3/c20-17-6-5-16(28-17)19(27)25-9-7-24(8-10-25)18(26)15-11-14(22-23-15)12-1-3-13(21)4-2-12/h1-6,11H,7-10H2,(H,22,23). The maximum absolute atomic E-state index is 13.1. The molecule has 0 radical (unpaired) electrons. The van der Waals surface area contributed by atoms with Gasteiger partial charge in [-0.05, 0) is 58.4 Å². The lowest BCUT2D eigenvalue weighted by Crippen LogP contribution is -2.50. The second-order valence-corrected chi connectivity index (χ2v) is 7.14. The van der Waals surface area contributed by atoms with Crippen molar-refractivity contribution in [3.8, 4) is 11.3 Å². The Bertz CT molecular complexity index is 1010. The molecule has 0 bridgehead atoms. The lowest BCUT2D eigenvalue weighted by Gasteiger charge is -2.34. The highest BCUT2D eigenvalue weighted by Crippen LogP contribution is 2.20. The van der Waals surface area contributed by atoms with Crippen LogP contribution in [0.15, 0.2) is 51.6 Å². The van der Waals surface area contributed by atoms with Crippen LogP contribution < -0.4 is 0 Å². The van der Waals surface area contributed by atoms with Crippen molar-refractivity contribution in [3.05, 3.63) is 64.4 Å². The van der Waals surface area contributed by atoms with Crippen molar-refractivity contribution in [1.29, 1.82) is 0 Å². The highest BCUT2D eigenvalue weighted by atomic mass is 79.9. The zero-order valence-corrected chi connectivity index (χ0v) is 16.3. The van der Waals surface area contributed by atoms with Crippen molar-refractivity contribution in [2.75, 3.05) is 26.2 Å². The molecule has 1 aromatic carbocycles. The van der Waals surface area contributed by atoms with E-state index in [-0.39, 0.29) is 23.4 Å². The fourth-order valence-corrected chi connectivity index (χ4v) is 3.37. The average molecular weight is 447 g/mol. The predicted octanol–water partition coefficient (Wildman–Crippen LogP) is 3.17. The van der Waals surface area contributed by atoms with Crippen molar-refractivity contribution < 1.29 is 18.4 Å². The zero-order valence-electron chi connectivity index (χ0n) is 14.7. The van der Waals surface area contributed by atoms with Gasteiger partial charge in [-0.3, -0.25) is 14.7 Å². The number of nitrogens with zero attached hydrogens (tertiary/aromatic N) is 3. The van der Waals surface area contributed by atoms with Gasteiger partial charge in [0, 0.05) is 31.7 Å². The molecule has 144 valence electrons. The van der Waals surface area contributed by atoms with Crippen LogP contribution in [-0.4, -0.2) is 58.0 Å². The summed E-state index contributed by atoms with van der Waals surface area (Å²) < 4.78 is 18.9. The van der Waals surface area contributed by atoms with Gasteiger partial charge in [-0.25, -0.2) is 4.39 Å². The highest BCUT2D eigenvalue weighted by molar-refractivity contribution is 9.10. The lowest BCUT2D eigenvalue weighted by molar-refractivity contribution is 0.0514. The number of amides is 2. The number of carbonyl (C=O) groups excluding carboxylic acids is 2. The van der Waals surface area contributed by atoms with E-state index in [2.05, 4.69) is 26.1 Å². The number of furan rings is 1. The Balaban J connectivity index is 1.39. The SMILES string of the molecule is O=C(c1cc(-c2ccc(F)cc2)n[nH]1)N1CCN(C(=O)c2ccc(Br)o2)CC1. The first-order valence-corrected chi connectivity index (χ1v) is 9.46. The van der Waals surface area contributed by atoms with Gasteiger partial charge in [0.1, 0.15) is 11.5 Å². The number of rotatable bonds is 3. The van der Waals surface area contributed by atoms with Crippen LogP contribution in [0.4, 0.5) is 4.39 Å². The molecular weight excluding hydrogens is 431 g/mol. The third-order valence-electron chi connectivity index (χ3n) is 4.59. The molecule has 1 aliphatic rings. The Kier molecular flexibility index (Phi) is 4.99. The second kappa shape index (κ2) is 7.59. The van der Waals surface area contributed by atoms with Gasteiger partial charge in [-0.1, -0.05) is 0 Å². The van der Waals surface area contributed by atoms with Crippen LogP contribution in [0.5, 0.6) is 0 Å². The average Bonchev–Trinajstić information content (AvgIpc) is 3.37. The molecule has 0 atom stereocenters. The number of hydrogen-bond acceptors (Lipinski definition) is 4. The van der Waals surface area contributed by atoms with Gasteiger partial charge in [0.25, 0.3) is 11.8 Å². The maximum atomic E-state index is 13.1. The van der Waals surface area contributed by atoms with Gasteiger partial charge < -0.3 is 14.2 Å². The molecular formula is C19H16BrFN4O3. The Morgan fingerprint density at radius 1 is 1.00 bits per heavy atom. The number of H-pyrrole nitrogens is 1. The summed E-state index contributed by atoms with van der Waals surface area (Å²) in [5, 5.41) is 6.88. The maximum Gasteiger partial charge on any atom is 0.289 e. The Hall–Kier alpha value is -2.94. The number of aromatic nitrogens is 2. The number of halogens is 2. The van der Waals surface area contributed by atoms with Crippen molar-refractivity contribution in [3.63, 3.8) is 0 Å². The molecule has 1 N–H and O–H groups in total. The first-order chi connectivity index (χ1) is 13.5. The third kappa shape index (κ3) is 3.70. The van der Waals surface area contributed by atoms with Crippen molar-refractivity contribution >= 4 is 27.7 Å². The normalized spacial score (nSPS) is 14.4. The Morgan fingerprint density at radius 2 is 1.64 bits per heavy atom. The van der Waals surface area contributed by atoms with Crippen LogP contribution in [0.2, 0.25) is 0 Å². The molecule has 3 heterocycles. The molecule has 3 aromatic rings. The molecule has 9 heteroatoms. The van der Waals surface area contributed by atoms with Crippen LogP contribution in [0.1, 0.15) is 21.0 Å². The predicted molar refractivity (Wildman–Crippen MR) is 102 cm³/mol. The van der Waals surface area contributed by atoms with E-state index in [1.54, 1.807) is 40.1 Å². The van der Waals surface area contributed by atoms with E-state index in [0.29, 0.717) is 42.2 Å². The van der Waals surface area contributed by atoms with Crippen molar-refractivity contribution in [2.24, 2.45) is 0 Å². The molecule has 2 aromatic heterocycles. The molecule has 2 amide bonds. The minimum absolute atomic E-state index is 0.186. The number of aromatic amines is 1. The van der Waals surface area contributed by atoms with Gasteiger partial charge in [-0.15, -0.1) is 0 Å². The summed E-state index contributed by atoms with van der Waals surface area (Å²) in [7, 11) is 0. The first kappa shape index (κ1) is 18.4. The van der Waals surface area contributed by atoms with Gasteiger partial charge in [0.15, 0.2) is 10.4 Å². The fourth-order valence-electron chi connectivity index (χ4n) is 3.07.